The van der Waals surface area contributed by atoms with E-state index in [-0.39, 0.29) is 11.3 Å². The van der Waals surface area contributed by atoms with Gasteiger partial charge in [0.05, 0.1) is 17.3 Å². The van der Waals surface area contributed by atoms with Gasteiger partial charge < -0.3 is 20.1 Å². The first-order valence-corrected chi connectivity index (χ1v) is 6.79. The number of hydrogen-bond acceptors (Lipinski definition) is 3. The lowest BCUT2D eigenvalue weighted by Crippen LogP contribution is -2.14. The van der Waals surface area contributed by atoms with E-state index in [4.69, 9.17) is 9.84 Å². The number of methoxy groups -OCH3 is 1. The molecule has 0 radical (unpaired) electrons. The number of amides is 1. The van der Waals surface area contributed by atoms with Crippen molar-refractivity contribution in [1.82, 2.24) is 4.98 Å². The number of aromatic carboxylic acids is 1. The molecule has 1 aromatic heterocycles. The first-order chi connectivity index (χ1) is 9.93. The Labute approximate surface area is 129 Å². The van der Waals surface area contributed by atoms with Crippen molar-refractivity contribution in [2.45, 2.75) is 6.92 Å². The molecule has 21 heavy (non-hydrogen) atoms. The van der Waals surface area contributed by atoms with Gasteiger partial charge in [-0.25, -0.2) is 4.79 Å². The molecule has 0 spiro atoms. The smallest absolute Gasteiger partial charge is 0.339 e. The number of anilines is 1. The van der Waals surface area contributed by atoms with Gasteiger partial charge in [-0.05, 0) is 41.1 Å². The number of ether oxygens (including phenoxy) is 1. The average Bonchev–Trinajstić information content (AvgIpc) is 2.79. The molecule has 2 rings (SSSR count). The van der Waals surface area contributed by atoms with Crippen molar-refractivity contribution in [1.29, 1.82) is 0 Å². The fourth-order valence-corrected chi connectivity index (χ4v) is 2.44. The molecular weight excluding hydrogens is 340 g/mol. The van der Waals surface area contributed by atoms with Gasteiger partial charge in [0.1, 0.15) is 11.3 Å². The Morgan fingerprint density at radius 2 is 2.10 bits per heavy atom. The standard InChI is InChI=1S/C14H13BrN2O4/c1-7-12(14(19)20)10(6-16-7)17-13(18)8-3-4-11(21-2)9(15)5-8/h3-6,16H,1-2H3,(H,17,18)(H,19,20). The minimum Gasteiger partial charge on any atom is -0.496 e. The summed E-state index contributed by atoms with van der Waals surface area (Å²) >= 11 is 3.30. The molecule has 0 unspecified atom stereocenters. The van der Waals surface area contributed by atoms with E-state index >= 15 is 0 Å². The Morgan fingerprint density at radius 1 is 1.38 bits per heavy atom. The number of halogens is 1. The monoisotopic (exact) mass is 352 g/mol. The molecule has 1 heterocycles. The van der Waals surface area contributed by atoms with E-state index in [0.29, 0.717) is 21.5 Å². The lowest BCUT2D eigenvalue weighted by Gasteiger charge is -2.07. The second-order valence-corrected chi connectivity index (χ2v) is 5.17. The van der Waals surface area contributed by atoms with Crippen molar-refractivity contribution in [2.24, 2.45) is 0 Å². The number of aromatic nitrogens is 1. The van der Waals surface area contributed by atoms with E-state index in [1.807, 2.05) is 0 Å². The summed E-state index contributed by atoms with van der Waals surface area (Å²) in [7, 11) is 1.53. The lowest BCUT2D eigenvalue weighted by atomic mass is 10.2. The summed E-state index contributed by atoms with van der Waals surface area (Å²) in [4.78, 5) is 26.1. The van der Waals surface area contributed by atoms with E-state index in [9.17, 15) is 9.59 Å². The number of carbonyl (C=O) groups excluding carboxylic acids is 1. The number of aromatic amines is 1. The minimum absolute atomic E-state index is 0.0518. The second kappa shape index (κ2) is 6.01. The van der Waals surface area contributed by atoms with Crippen LogP contribution in [0.3, 0.4) is 0 Å². The maximum absolute atomic E-state index is 12.2. The molecule has 0 bridgehead atoms. The van der Waals surface area contributed by atoms with E-state index in [1.165, 1.54) is 13.3 Å². The van der Waals surface area contributed by atoms with Crippen LogP contribution in [0.2, 0.25) is 0 Å². The van der Waals surface area contributed by atoms with Crippen LogP contribution in [0.5, 0.6) is 5.75 Å². The fourth-order valence-electron chi connectivity index (χ4n) is 1.90. The Balaban J connectivity index is 2.26. The van der Waals surface area contributed by atoms with Crippen LogP contribution in [0.15, 0.2) is 28.9 Å². The van der Waals surface area contributed by atoms with Crippen molar-refractivity contribution in [2.75, 3.05) is 12.4 Å². The second-order valence-electron chi connectivity index (χ2n) is 4.31. The first-order valence-electron chi connectivity index (χ1n) is 6.00. The molecule has 110 valence electrons. The number of rotatable bonds is 4. The van der Waals surface area contributed by atoms with Crippen LogP contribution < -0.4 is 10.1 Å². The lowest BCUT2D eigenvalue weighted by molar-refractivity contribution is 0.0697. The number of aryl methyl sites for hydroxylation is 1. The molecule has 0 aliphatic rings. The molecule has 2 aromatic rings. The molecule has 0 saturated carbocycles. The Morgan fingerprint density at radius 3 is 2.67 bits per heavy atom. The molecule has 1 amide bonds. The third kappa shape index (κ3) is 3.08. The number of carboxylic acid groups (broad SMARTS) is 1. The van der Waals surface area contributed by atoms with Gasteiger partial charge in [-0.2, -0.15) is 0 Å². The maximum Gasteiger partial charge on any atom is 0.339 e. The van der Waals surface area contributed by atoms with Crippen molar-refractivity contribution in [3.05, 3.63) is 45.7 Å². The summed E-state index contributed by atoms with van der Waals surface area (Å²) in [6, 6.07) is 4.85. The molecule has 0 saturated heterocycles. The summed E-state index contributed by atoms with van der Waals surface area (Å²) in [6.07, 6.45) is 1.45. The third-order valence-corrected chi connectivity index (χ3v) is 3.57. The molecule has 3 N–H and O–H groups in total. The molecule has 0 atom stereocenters. The van der Waals surface area contributed by atoms with Gasteiger partial charge in [0.2, 0.25) is 0 Å². The molecular formula is C14H13BrN2O4. The van der Waals surface area contributed by atoms with Crippen molar-refractivity contribution < 1.29 is 19.4 Å². The minimum atomic E-state index is -1.10. The summed E-state index contributed by atoms with van der Waals surface area (Å²) < 4.78 is 5.73. The van der Waals surface area contributed by atoms with Gasteiger partial charge in [0.15, 0.2) is 0 Å². The highest BCUT2D eigenvalue weighted by Crippen LogP contribution is 2.26. The van der Waals surface area contributed by atoms with Crippen LogP contribution >= 0.6 is 15.9 Å². The number of H-pyrrole nitrogens is 1. The van der Waals surface area contributed by atoms with Gasteiger partial charge in [0, 0.05) is 17.5 Å². The zero-order chi connectivity index (χ0) is 15.6. The quantitative estimate of drug-likeness (QED) is 0.788. The largest absolute Gasteiger partial charge is 0.496 e. The van der Waals surface area contributed by atoms with Gasteiger partial charge in [-0.3, -0.25) is 4.79 Å². The van der Waals surface area contributed by atoms with Crippen LogP contribution in [-0.4, -0.2) is 29.1 Å². The number of nitrogens with one attached hydrogen (secondary N) is 2. The van der Waals surface area contributed by atoms with Crippen LogP contribution in [-0.2, 0) is 0 Å². The van der Waals surface area contributed by atoms with Crippen LogP contribution in [0, 0.1) is 6.92 Å². The summed E-state index contributed by atoms with van der Waals surface area (Å²) in [5.74, 6) is -0.893. The normalized spacial score (nSPS) is 10.2. The molecule has 7 heteroatoms. The summed E-state index contributed by atoms with van der Waals surface area (Å²) in [5, 5.41) is 11.7. The Kier molecular flexibility index (Phi) is 4.32. The van der Waals surface area contributed by atoms with Gasteiger partial charge >= 0.3 is 5.97 Å². The summed E-state index contributed by atoms with van der Waals surface area (Å²) in [5.41, 5.74) is 1.15. The predicted octanol–water partition coefficient (Wildman–Crippen LogP) is 3.04. The van der Waals surface area contributed by atoms with Crippen LogP contribution in [0.4, 0.5) is 5.69 Å². The molecule has 6 nitrogen and oxygen atoms in total. The number of carboxylic acids is 1. The highest BCUT2D eigenvalue weighted by Gasteiger charge is 2.18. The van der Waals surface area contributed by atoms with E-state index < -0.39 is 11.9 Å². The Hall–Kier alpha value is -2.28. The van der Waals surface area contributed by atoms with Gasteiger partial charge in [-0.1, -0.05) is 0 Å². The van der Waals surface area contributed by atoms with E-state index in [1.54, 1.807) is 25.1 Å². The SMILES string of the molecule is COc1ccc(C(=O)Nc2c[nH]c(C)c2C(=O)O)cc1Br. The molecule has 1 aromatic carbocycles. The van der Waals surface area contributed by atoms with Crippen LogP contribution in [0.1, 0.15) is 26.4 Å². The van der Waals surface area contributed by atoms with Crippen molar-refractivity contribution in [3.8, 4) is 5.75 Å². The van der Waals surface area contributed by atoms with E-state index in [2.05, 4.69) is 26.2 Å². The van der Waals surface area contributed by atoms with Gasteiger partial charge in [-0.15, -0.1) is 0 Å². The number of carbonyl (C=O) groups is 2. The summed E-state index contributed by atoms with van der Waals surface area (Å²) in [6.45, 7) is 1.63. The highest BCUT2D eigenvalue weighted by atomic mass is 79.9. The predicted molar refractivity (Wildman–Crippen MR) is 81.1 cm³/mol. The van der Waals surface area contributed by atoms with Gasteiger partial charge in [0.25, 0.3) is 5.91 Å². The molecule has 0 fully saturated rings. The zero-order valence-corrected chi connectivity index (χ0v) is 12.9. The number of benzene rings is 1. The van der Waals surface area contributed by atoms with Crippen molar-refractivity contribution in [3.63, 3.8) is 0 Å². The van der Waals surface area contributed by atoms with E-state index in [0.717, 1.165) is 0 Å². The maximum atomic E-state index is 12.2. The molecule has 0 aliphatic carbocycles. The Bertz CT molecular complexity index is 709. The average molecular weight is 353 g/mol. The third-order valence-electron chi connectivity index (χ3n) is 2.95. The highest BCUT2D eigenvalue weighted by molar-refractivity contribution is 9.10. The topological polar surface area (TPSA) is 91.4 Å². The molecule has 0 aliphatic heterocycles. The first kappa shape index (κ1) is 15.1. The number of hydrogen-bond donors (Lipinski definition) is 3. The fraction of sp³-hybridized carbons (Fsp3) is 0.143. The van der Waals surface area contributed by atoms with Crippen LogP contribution in [0.25, 0.3) is 0 Å². The zero-order valence-electron chi connectivity index (χ0n) is 11.4. The van der Waals surface area contributed by atoms with Crippen molar-refractivity contribution >= 4 is 33.5 Å².